The van der Waals surface area contributed by atoms with Crippen LogP contribution in [0, 0.1) is 0 Å². The number of ether oxygens (including phenoxy) is 12. The first-order chi connectivity index (χ1) is 19.9. The molecule has 0 saturated carbocycles. The minimum atomic E-state index is 0.333. The van der Waals surface area contributed by atoms with Crippen molar-refractivity contribution in [3.63, 3.8) is 0 Å². The van der Waals surface area contributed by atoms with Gasteiger partial charge in [-0.2, -0.15) is 0 Å². The van der Waals surface area contributed by atoms with Crippen molar-refractivity contribution in [1.29, 1.82) is 0 Å². The molecule has 0 N–H and O–H groups in total. The van der Waals surface area contributed by atoms with Crippen LogP contribution in [-0.4, -0.2) is 106 Å². The Bertz CT molecular complexity index is 897. The van der Waals surface area contributed by atoms with Crippen LogP contribution >= 0.6 is 0 Å². The smallest absolute Gasteiger partial charge is 0.165 e. The molecule has 2 aromatic carbocycles. The number of hydrogen-bond donors (Lipinski definition) is 0. The third kappa shape index (κ3) is 8.34. The molecule has 0 bridgehead atoms. The van der Waals surface area contributed by atoms with Crippen LogP contribution in [0.15, 0.2) is 24.3 Å². The van der Waals surface area contributed by atoms with Gasteiger partial charge in [-0.05, 0) is 0 Å². The van der Waals surface area contributed by atoms with Gasteiger partial charge in [0.2, 0.25) is 0 Å². The first kappa shape index (κ1) is 28.2. The first-order valence-electron chi connectivity index (χ1n) is 13.6. The van der Waals surface area contributed by atoms with Crippen LogP contribution in [-0.2, 0) is 18.9 Å². The van der Waals surface area contributed by atoms with Gasteiger partial charge >= 0.3 is 0 Å². The average molecular weight is 565 g/mol. The quantitative estimate of drug-likeness (QED) is 0.469. The van der Waals surface area contributed by atoms with Crippen molar-refractivity contribution in [2.24, 2.45) is 0 Å². The zero-order valence-electron chi connectivity index (χ0n) is 22.5. The van der Waals surface area contributed by atoms with Crippen LogP contribution < -0.4 is 37.9 Å². The van der Waals surface area contributed by atoms with E-state index in [1.165, 1.54) is 0 Å². The molecule has 0 unspecified atom stereocenters. The number of hydrogen-bond acceptors (Lipinski definition) is 12. The number of benzene rings is 2. The predicted molar refractivity (Wildman–Crippen MR) is 140 cm³/mol. The summed E-state index contributed by atoms with van der Waals surface area (Å²) in [5.41, 5.74) is 0. The molecule has 0 aliphatic carbocycles. The van der Waals surface area contributed by atoms with E-state index in [0.29, 0.717) is 152 Å². The van der Waals surface area contributed by atoms with E-state index in [-0.39, 0.29) is 0 Å². The molecule has 12 nitrogen and oxygen atoms in total. The van der Waals surface area contributed by atoms with Gasteiger partial charge in [-0.3, -0.25) is 0 Å². The van der Waals surface area contributed by atoms with E-state index in [1.807, 2.05) is 0 Å². The number of fused-ring (bicyclic) bond motifs is 4. The van der Waals surface area contributed by atoms with E-state index >= 15 is 0 Å². The van der Waals surface area contributed by atoms with Crippen molar-refractivity contribution in [1.82, 2.24) is 0 Å². The van der Waals surface area contributed by atoms with Crippen LogP contribution in [0.3, 0.4) is 0 Å². The fourth-order valence-electron chi connectivity index (χ4n) is 4.04. The van der Waals surface area contributed by atoms with E-state index in [9.17, 15) is 0 Å². The Labute approximate surface area is 233 Å². The molecule has 0 aromatic heterocycles. The third-order valence-electron chi connectivity index (χ3n) is 5.90. The van der Waals surface area contributed by atoms with Crippen LogP contribution in [0.5, 0.6) is 46.0 Å². The van der Waals surface area contributed by atoms with Crippen molar-refractivity contribution in [2.45, 2.75) is 0 Å². The zero-order chi connectivity index (χ0) is 27.2. The van der Waals surface area contributed by atoms with Crippen LogP contribution in [0.25, 0.3) is 0 Å². The second-order valence-electron chi connectivity index (χ2n) is 8.73. The second kappa shape index (κ2) is 15.5. The van der Waals surface area contributed by atoms with Crippen molar-refractivity contribution in [2.75, 3.05) is 106 Å². The molecule has 3 aliphatic heterocycles. The van der Waals surface area contributed by atoms with Gasteiger partial charge in [0.05, 0.1) is 52.9 Å². The molecule has 5 rings (SSSR count). The van der Waals surface area contributed by atoms with Gasteiger partial charge in [-0.1, -0.05) is 0 Å². The normalized spacial score (nSPS) is 19.6. The summed E-state index contributed by atoms with van der Waals surface area (Å²) in [6.45, 7) is 6.50. The van der Waals surface area contributed by atoms with Gasteiger partial charge in [0.1, 0.15) is 52.9 Å². The van der Waals surface area contributed by atoms with Crippen LogP contribution in [0.4, 0.5) is 0 Å². The first-order valence-corrected chi connectivity index (χ1v) is 13.6. The molecule has 0 spiro atoms. The van der Waals surface area contributed by atoms with E-state index in [4.69, 9.17) is 56.8 Å². The van der Waals surface area contributed by atoms with Gasteiger partial charge in [-0.25, -0.2) is 0 Å². The largest absolute Gasteiger partial charge is 0.487 e. The van der Waals surface area contributed by atoms with Crippen molar-refractivity contribution >= 4 is 0 Å². The molecule has 40 heavy (non-hydrogen) atoms. The molecule has 220 valence electrons. The summed E-state index contributed by atoms with van der Waals surface area (Å²) < 4.78 is 69.0. The molecule has 0 fully saturated rings. The van der Waals surface area contributed by atoms with E-state index < -0.39 is 0 Å². The van der Waals surface area contributed by atoms with Crippen LogP contribution in [0.1, 0.15) is 0 Å². The van der Waals surface area contributed by atoms with Gasteiger partial charge in [0, 0.05) is 24.3 Å². The highest BCUT2D eigenvalue weighted by Crippen LogP contribution is 2.42. The highest BCUT2D eigenvalue weighted by atomic mass is 16.6. The standard InChI is InChI=1S/C28H36O12/c1-2-30-6-10-34-23-19-27-28(40-16-15-39-27)20-24(23)36-12-8-32-4-3-31-7-11-35-22-18-26-25(37-13-14-38-26)17-21(22)33-9-5-29-1/h17-20H,1-16H2. The second-order valence-corrected chi connectivity index (χ2v) is 8.73. The molecule has 3 heterocycles. The average Bonchev–Trinajstić information content (AvgIpc) is 2.98. The summed E-state index contributed by atoms with van der Waals surface area (Å²) in [4.78, 5) is 0. The van der Waals surface area contributed by atoms with E-state index in [2.05, 4.69) is 0 Å². The summed E-state index contributed by atoms with van der Waals surface area (Å²) in [5, 5.41) is 0. The monoisotopic (exact) mass is 564 g/mol. The summed E-state index contributed by atoms with van der Waals surface area (Å²) >= 11 is 0. The van der Waals surface area contributed by atoms with Crippen LogP contribution in [0.2, 0.25) is 0 Å². The molecule has 0 saturated heterocycles. The zero-order valence-corrected chi connectivity index (χ0v) is 22.5. The summed E-state index contributed by atoms with van der Waals surface area (Å²) in [5.74, 6) is 4.71. The van der Waals surface area contributed by atoms with E-state index in [0.717, 1.165) is 0 Å². The summed E-state index contributed by atoms with van der Waals surface area (Å²) in [6.07, 6.45) is 0. The summed E-state index contributed by atoms with van der Waals surface area (Å²) in [7, 11) is 0. The number of rotatable bonds is 0. The fraction of sp³-hybridized carbons (Fsp3) is 0.571. The summed E-state index contributed by atoms with van der Waals surface area (Å²) in [6, 6.07) is 7.11. The molecular formula is C28H36O12. The Kier molecular flexibility index (Phi) is 10.9. The minimum absolute atomic E-state index is 0.333. The molecule has 2 aromatic rings. The molecule has 0 amide bonds. The van der Waals surface area contributed by atoms with Crippen molar-refractivity contribution in [3.8, 4) is 46.0 Å². The maximum absolute atomic E-state index is 5.93. The Morgan fingerprint density at radius 1 is 0.225 bits per heavy atom. The molecule has 3 aliphatic rings. The fourth-order valence-corrected chi connectivity index (χ4v) is 4.04. The van der Waals surface area contributed by atoms with Gasteiger partial charge in [-0.15, -0.1) is 0 Å². The maximum Gasteiger partial charge on any atom is 0.165 e. The highest BCUT2D eigenvalue weighted by Gasteiger charge is 2.19. The lowest BCUT2D eigenvalue weighted by atomic mass is 10.2. The maximum atomic E-state index is 5.93. The highest BCUT2D eigenvalue weighted by molar-refractivity contribution is 5.55. The Morgan fingerprint density at radius 3 is 0.575 bits per heavy atom. The third-order valence-corrected chi connectivity index (χ3v) is 5.90. The van der Waals surface area contributed by atoms with E-state index in [1.54, 1.807) is 24.3 Å². The van der Waals surface area contributed by atoms with Gasteiger partial charge in [0.25, 0.3) is 0 Å². The lowest BCUT2D eigenvalue weighted by molar-refractivity contribution is 0.0221. The molecule has 0 radical (unpaired) electrons. The molecule has 12 heteroatoms. The minimum Gasteiger partial charge on any atom is -0.487 e. The Balaban J connectivity index is 1.14. The van der Waals surface area contributed by atoms with Crippen molar-refractivity contribution < 1.29 is 56.8 Å². The van der Waals surface area contributed by atoms with Gasteiger partial charge in [0.15, 0.2) is 46.0 Å². The predicted octanol–water partition coefficient (Wildman–Crippen LogP) is 2.52. The van der Waals surface area contributed by atoms with Gasteiger partial charge < -0.3 is 56.8 Å². The molecule has 0 atom stereocenters. The lowest BCUT2D eigenvalue weighted by Crippen LogP contribution is -2.18. The Morgan fingerprint density at radius 2 is 0.375 bits per heavy atom. The molecular weight excluding hydrogens is 528 g/mol. The lowest BCUT2D eigenvalue weighted by Gasteiger charge is -2.21. The van der Waals surface area contributed by atoms with Crippen molar-refractivity contribution in [3.05, 3.63) is 24.3 Å². The topological polar surface area (TPSA) is 111 Å². The SMILES string of the molecule is c1c2c(cc3c1OCCO3)OCCOCCOCCOc1cc3c(cc1OCCOCCOCCO2)OCCO3. The Hall–Kier alpha value is -3.32.